The Kier molecular flexibility index (Phi) is 4.71. The molecule has 0 unspecified atom stereocenters. The van der Waals surface area contributed by atoms with E-state index in [2.05, 4.69) is 36.1 Å². The number of benzene rings is 2. The van der Waals surface area contributed by atoms with Crippen molar-refractivity contribution in [1.82, 2.24) is 4.68 Å². The molecule has 0 saturated heterocycles. The molecule has 0 aliphatic carbocycles. The van der Waals surface area contributed by atoms with E-state index < -0.39 is 0 Å². The van der Waals surface area contributed by atoms with E-state index in [-0.39, 0.29) is 5.82 Å². The number of halogens is 1. The summed E-state index contributed by atoms with van der Waals surface area (Å²) in [7, 11) is 1.71. The minimum absolute atomic E-state index is 0.270. The molecule has 0 saturated carbocycles. The van der Waals surface area contributed by atoms with Gasteiger partial charge in [0.15, 0.2) is 0 Å². The summed E-state index contributed by atoms with van der Waals surface area (Å²) >= 11 is 1.44. The zero-order chi connectivity index (χ0) is 17.1. The third kappa shape index (κ3) is 3.21. The molecule has 1 heterocycles. The predicted octanol–water partition coefficient (Wildman–Crippen LogP) is 4.39. The van der Waals surface area contributed by atoms with Crippen molar-refractivity contribution in [2.75, 3.05) is 7.05 Å². The van der Waals surface area contributed by atoms with Crippen molar-refractivity contribution >= 4 is 17.6 Å². The van der Waals surface area contributed by atoms with Crippen molar-refractivity contribution in [3.8, 4) is 11.3 Å². The van der Waals surface area contributed by atoms with Gasteiger partial charge in [0.05, 0.1) is 11.9 Å². The molecule has 3 aromatic rings. The minimum Gasteiger partial charge on any atom is -0.261 e. The molecule has 0 fully saturated rings. The lowest BCUT2D eigenvalue weighted by Gasteiger charge is -2.05. The molecule has 0 aliphatic heterocycles. The summed E-state index contributed by atoms with van der Waals surface area (Å²) in [4.78, 5) is 4.96. The summed E-state index contributed by atoms with van der Waals surface area (Å²) in [6.07, 6.45) is 1.79. The Balaban J connectivity index is 2.09. The van der Waals surface area contributed by atoms with Crippen LogP contribution in [0, 0.1) is 19.7 Å². The van der Waals surface area contributed by atoms with E-state index in [1.54, 1.807) is 30.1 Å². The monoisotopic (exact) mass is 339 g/mol. The van der Waals surface area contributed by atoms with Crippen LogP contribution in [0.15, 0.2) is 57.9 Å². The quantitative estimate of drug-likeness (QED) is 0.634. The van der Waals surface area contributed by atoms with Crippen LogP contribution in [-0.2, 0) is 0 Å². The average Bonchev–Trinajstić information content (AvgIpc) is 2.97. The Bertz CT molecular complexity index is 967. The van der Waals surface area contributed by atoms with E-state index in [0.717, 1.165) is 11.1 Å². The van der Waals surface area contributed by atoms with E-state index in [0.29, 0.717) is 16.1 Å². The number of hydrogen-bond acceptors (Lipinski definition) is 3. The van der Waals surface area contributed by atoms with Gasteiger partial charge in [-0.2, -0.15) is 5.10 Å². The highest BCUT2D eigenvalue weighted by molar-refractivity contribution is 7.07. The molecule has 24 heavy (non-hydrogen) atoms. The van der Waals surface area contributed by atoms with Crippen LogP contribution in [-0.4, -0.2) is 17.9 Å². The SMILES string of the molecule is CN=c1scc(-c2ccccc2F)n1N=Cc1ccc(C)cc1C. The topological polar surface area (TPSA) is 29.6 Å². The van der Waals surface area contributed by atoms with Crippen LogP contribution in [0.3, 0.4) is 0 Å². The first-order chi connectivity index (χ1) is 11.6. The average molecular weight is 339 g/mol. The maximum Gasteiger partial charge on any atom is 0.205 e. The van der Waals surface area contributed by atoms with Crippen molar-refractivity contribution in [2.24, 2.45) is 10.1 Å². The third-order valence-corrected chi connectivity index (χ3v) is 4.67. The normalized spacial score (nSPS) is 12.2. The highest BCUT2D eigenvalue weighted by atomic mass is 32.1. The second-order valence-corrected chi connectivity index (χ2v) is 6.36. The lowest BCUT2D eigenvalue weighted by Crippen LogP contribution is -2.12. The Morgan fingerprint density at radius 3 is 2.62 bits per heavy atom. The smallest absolute Gasteiger partial charge is 0.205 e. The third-order valence-electron chi connectivity index (χ3n) is 3.76. The van der Waals surface area contributed by atoms with Gasteiger partial charge in [0.2, 0.25) is 4.80 Å². The van der Waals surface area contributed by atoms with Gasteiger partial charge in [-0.25, -0.2) is 9.07 Å². The van der Waals surface area contributed by atoms with Crippen LogP contribution in [0.25, 0.3) is 11.3 Å². The van der Waals surface area contributed by atoms with Crippen molar-refractivity contribution < 1.29 is 4.39 Å². The van der Waals surface area contributed by atoms with E-state index in [1.165, 1.54) is 23.0 Å². The van der Waals surface area contributed by atoms with Gasteiger partial charge in [-0.05, 0) is 37.1 Å². The summed E-state index contributed by atoms with van der Waals surface area (Å²) < 4.78 is 15.8. The fraction of sp³-hybridized carbons (Fsp3) is 0.158. The Morgan fingerprint density at radius 1 is 1.12 bits per heavy atom. The molecule has 2 aromatic carbocycles. The summed E-state index contributed by atoms with van der Waals surface area (Å²) in [5, 5.41) is 6.43. The molecule has 0 aliphatic rings. The molecule has 0 spiro atoms. The maximum atomic E-state index is 14.1. The molecule has 3 rings (SSSR count). The highest BCUT2D eigenvalue weighted by Crippen LogP contribution is 2.23. The minimum atomic E-state index is -0.270. The Labute approximate surface area is 144 Å². The highest BCUT2D eigenvalue weighted by Gasteiger charge is 2.11. The Hall–Kier alpha value is -2.53. The number of aryl methyl sites for hydroxylation is 2. The van der Waals surface area contributed by atoms with E-state index in [9.17, 15) is 4.39 Å². The first kappa shape index (κ1) is 16.3. The Morgan fingerprint density at radius 2 is 1.92 bits per heavy atom. The van der Waals surface area contributed by atoms with E-state index in [1.807, 2.05) is 17.5 Å². The fourth-order valence-electron chi connectivity index (χ4n) is 2.51. The lowest BCUT2D eigenvalue weighted by atomic mass is 10.1. The van der Waals surface area contributed by atoms with E-state index >= 15 is 0 Å². The predicted molar refractivity (Wildman–Crippen MR) is 98.1 cm³/mol. The maximum absolute atomic E-state index is 14.1. The van der Waals surface area contributed by atoms with Gasteiger partial charge in [-0.3, -0.25) is 4.99 Å². The largest absolute Gasteiger partial charge is 0.261 e. The summed E-state index contributed by atoms with van der Waals surface area (Å²) in [5.41, 5.74) is 4.60. The van der Waals surface area contributed by atoms with Crippen molar-refractivity contribution in [2.45, 2.75) is 13.8 Å². The number of rotatable bonds is 3. The van der Waals surface area contributed by atoms with Crippen molar-refractivity contribution in [1.29, 1.82) is 0 Å². The zero-order valence-electron chi connectivity index (χ0n) is 13.8. The van der Waals surface area contributed by atoms with Crippen LogP contribution in [0.4, 0.5) is 4.39 Å². The standard InChI is InChI=1S/C19H18FN3S/c1-13-8-9-15(14(2)10-13)11-22-23-18(12-24-19(23)21-3)16-6-4-5-7-17(16)20/h4-12H,1-3H3. The van der Waals surface area contributed by atoms with Gasteiger partial charge in [0, 0.05) is 18.0 Å². The molecular weight excluding hydrogens is 321 g/mol. The number of thiazole rings is 1. The summed E-state index contributed by atoms with van der Waals surface area (Å²) in [5.74, 6) is -0.270. The first-order valence-corrected chi connectivity index (χ1v) is 8.48. The van der Waals surface area contributed by atoms with Gasteiger partial charge in [-0.15, -0.1) is 11.3 Å². The van der Waals surface area contributed by atoms with Crippen LogP contribution >= 0.6 is 11.3 Å². The van der Waals surface area contributed by atoms with Gasteiger partial charge >= 0.3 is 0 Å². The van der Waals surface area contributed by atoms with Gasteiger partial charge < -0.3 is 0 Å². The fourth-order valence-corrected chi connectivity index (χ4v) is 3.30. The molecule has 1 aromatic heterocycles. The molecular formula is C19H18FN3S. The molecule has 0 amide bonds. The van der Waals surface area contributed by atoms with Crippen molar-refractivity contribution in [3.63, 3.8) is 0 Å². The van der Waals surface area contributed by atoms with E-state index in [4.69, 9.17) is 0 Å². The molecule has 0 radical (unpaired) electrons. The first-order valence-electron chi connectivity index (χ1n) is 7.60. The number of hydrogen-bond donors (Lipinski definition) is 0. The summed E-state index contributed by atoms with van der Waals surface area (Å²) in [6, 6.07) is 12.9. The summed E-state index contributed by atoms with van der Waals surface area (Å²) in [6.45, 7) is 4.11. The second-order valence-electron chi connectivity index (χ2n) is 5.52. The molecule has 122 valence electrons. The van der Waals surface area contributed by atoms with Crippen LogP contribution in [0.2, 0.25) is 0 Å². The zero-order valence-corrected chi connectivity index (χ0v) is 14.6. The molecule has 5 heteroatoms. The van der Waals surface area contributed by atoms with Gasteiger partial charge in [-0.1, -0.05) is 35.9 Å². The van der Waals surface area contributed by atoms with Crippen LogP contribution < -0.4 is 4.80 Å². The molecule has 0 atom stereocenters. The van der Waals surface area contributed by atoms with Gasteiger partial charge in [0.1, 0.15) is 5.82 Å². The van der Waals surface area contributed by atoms with Gasteiger partial charge in [0.25, 0.3) is 0 Å². The molecule has 0 bridgehead atoms. The molecule has 0 N–H and O–H groups in total. The van der Waals surface area contributed by atoms with Crippen LogP contribution in [0.5, 0.6) is 0 Å². The number of aromatic nitrogens is 1. The lowest BCUT2D eigenvalue weighted by molar-refractivity contribution is 0.629. The second kappa shape index (κ2) is 6.93. The molecule has 3 nitrogen and oxygen atoms in total. The van der Waals surface area contributed by atoms with Crippen LogP contribution in [0.1, 0.15) is 16.7 Å². The van der Waals surface area contributed by atoms with Crippen molar-refractivity contribution in [3.05, 3.63) is 75.2 Å². The number of nitrogens with zero attached hydrogens (tertiary/aromatic N) is 3.